The number of amides is 1. The lowest BCUT2D eigenvalue weighted by Gasteiger charge is -2.32. The smallest absolute Gasteiger partial charge is 0.362 e. The monoisotopic (exact) mass is 571 g/mol. The molecule has 3 heterocycles. The maximum atomic E-state index is 14.3. The van der Waals surface area contributed by atoms with Gasteiger partial charge in [-0.25, -0.2) is 15.4 Å². The van der Waals surface area contributed by atoms with E-state index in [-0.39, 0.29) is 28.7 Å². The second-order valence-corrected chi connectivity index (χ2v) is 9.13. The molecule has 2 unspecified atom stereocenters. The van der Waals surface area contributed by atoms with Crippen LogP contribution in [0.1, 0.15) is 28.9 Å². The van der Waals surface area contributed by atoms with E-state index in [4.69, 9.17) is 40.3 Å². The summed E-state index contributed by atoms with van der Waals surface area (Å²) in [6.07, 6.45) is -8.39. The van der Waals surface area contributed by atoms with Crippen molar-refractivity contribution in [2.24, 2.45) is 4.99 Å². The van der Waals surface area contributed by atoms with Gasteiger partial charge in [-0.2, -0.15) is 26.3 Å². The average Bonchev–Trinajstić information content (AvgIpc) is 3.42. The summed E-state index contributed by atoms with van der Waals surface area (Å²) in [7, 11) is 0. The zero-order valence-electron chi connectivity index (χ0n) is 17.6. The first-order valence-corrected chi connectivity index (χ1v) is 11.1. The normalized spacial score (nSPS) is 22.4. The van der Waals surface area contributed by atoms with Crippen molar-refractivity contribution in [1.29, 1.82) is 0 Å². The van der Waals surface area contributed by atoms with Crippen LogP contribution in [-0.4, -0.2) is 51.9 Å². The molecule has 2 N–H and O–H groups in total. The predicted molar refractivity (Wildman–Crippen MR) is 120 cm³/mol. The first-order chi connectivity index (χ1) is 16.7. The molecule has 2 atom stereocenters. The average molecular weight is 572 g/mol. The van der Waals surface area contributed by atoms with Gasteiger partial charge in [0.15, 0.2) is 5.82 Å². The van der Waals surface area contributed by atoms with Crippen molar-refractivity contribution in [1.82, 2.24) is 20.8 Å². The molecule has 2 aliphatic heterocycles. The molecule has 1 saturated heterocycles. The summed E-state index contributed by atoms with van der Waals surface area (Å²) in [6, 6.07) is 0.371. The summed E-state index contributed by atoms with van der Waals surface area (Å²) in [4.78, 5) is 28.4. The van der Waals surface area contributed by atoms with Gasteiger partial charge in [0.1, 0.15) is 23.1 Å². The molecular formula is C20H13Cl2F6N5O2S. The summed E-state index contributed by atoms with van der Waals surface area (Å²) in [6.45, 7) is -0.873. The molecule has 1 aromatic heterocycles. The summed E-state index contributed by atoms with van der Waals surface area (Å²) in [5, 5.41) is 1.18. The number of alkyl halides is 6. The van der Waals surface area contributed by atoms with E-state index in [0.717, 1.165) is 6.07 Å². The molecule has 0 saturated carbocycles. The van der Waals surface area contributed by atoms with Crippen LogP contribution in [0.3, 0.4) is 0 Å². The summed E-state index contributed by atoms with van der Waals surface area (Å²) in [5.41, 5.74) is -2.76. The van der Waals surface area contributed by atoms with E-state index < -0.39 is 63.9 Å². The number of hydroxylamine groups is 1. The maximum Gasteiger partial charge on any atom is 0.417 e. The minimum atomic E-state index is -5.03. The van der Waals surface area contributed by atoms with E-state index in [1.54, 1.807) is 0 Å². The summed E-state index contributed by atoms with van der Waals surface area (Å²) in [5.74, 6) is -0.597. The summed E-state index contributed by atoms with van der Waals surface area (Å²) < 4.78 is 83.1. The molecule has 36 heavy (non-hydrogen) atoms. The topological polar surface area (TPSA) is 88.5 Å². The lowest BCUT2D eigenvalue weighted by molar-refractivity contribution is -0.184. The second-order valence-electron chi connectivity index (χ2n) is 7.94. The number of hydrogen-bond acceptors (Lipinski definition) is 6. The van der Waals surface area contributed by atoms with Gasteiger partial charge in [-0.05, 0) is 17.7 Å². The molecule has 0 radical (unpaired) electrons. The third-order valence-electron chi connectivity index (χ3n) is 5.65. The zero-order valence-corrected chi connectivity index (χ0v) is 19.9. The number of nitrogens with zero attached hydrogens (tertiary/aromatic N) is 3. The Morgan fingerprint density at radius 1 is 1.17 bits per heavy atom. The first-order valence-electron chi connectivity index (χ1n) is 9.94. The SMILES string of the molecule is O=C1NOCC1NC(=S)c1cnc(C2=NCC(c3cc(Cl)c(Cl)c(C(F)(F)F)c3)(C(F)(F)F)C2)nc1. The molecule has 1 amide bonds. The summed E-state index contributed by atoms with van der Waals surface area (Å²) >= 11 is 16.6. The predicted octanol–water partition coefficient (Wildman–Crippen LogP) is 4.19. The molecule has 2 aliphatic rings. The van der Waals surface area contributed by atoms with Crippen molar-refractivity contribution < 1.29 is 36.0 Å². The van der Waals surface area contributed by atoms with E-state index in [2.05, 4.69) is 25.8 Å². The number of hydrogen-bond donors (Lipinski definition) is 2. The van der Waals surface area contributed by atoms with Crippen LogP contribution in [0.15, 0.2) is 29.5 Å². The molecule has 1 aromatic carbocycles. The zero-order chi connectivity index (χ0) is 26.5. The lowest BCUT2D eigenvalue weighted by atomic mass is 9.76. The van der Waals surface area contributed by atoms with E-state index >= 15 is 0 Å². The van der Waals surface area contributed by atoms with Gasteiger partial charge in [0.25, 0.3) is 5.91 Å². The van der Waals surface area contributed by atoms with Crippen LogP contribution in [0, 0.1) is 0 Å². The third-order valence-corrected chi connectivity index (χ3v) is 6.81. The third kappa shape index (κ3) is 4.86. The fourth-order valence-electron chi connectivity index (χ4n) is 3.68. The molecule has 0 bridgehead atoms. The van der Waals surface area contributed by atoms with E-state index in [1.165, 1.54) is 12.4 Å². The number of carbonyl (C=O) groups excluding carboxylic acids is 1. The van der Waals surface area contributed by atoms with Crippen LogP contribution in [0.25, 0.3) is 0 Å². The van der Waals surface area contributed by atoms with Crippen molar-refractivity contribution in [3.8, 4) is 0 Å². The molecule has 16 heteroatoms. The Kier molecular flexibility index (Phi) is 6.92. The molecule has 2 aromatic rings. The number of halogens is 8. The van der Waals surface area contributed by atoms with Crippen LogP contribution in [0.4, 0.5) is 26.3 Å². The Morgan fingerprint density at radius 3 is 2.39 bits per heavy atom. The van der Waals surface area contributed by atoms with Gasteiger partial charge in [0.2, 0.25) is 0 Å². The van der Waals surface area contributed by atoms with Crippen molar-refractivity contribution >= 4 is 52.0 Å². The van der Waals surface area contributed by atoms with Gasteiger partial charge in [0, 0.05) is 24.4 Å². The maximum absolute atomic E-state index is 14.3. The highest BCUT2D eigenvalue weighted by atomic mass is 35.5. The number of nitrogens with one attached hydrogen (secondary N) is 2. The quantitative estimate of drug-likeness (QED) is 0.422. The van der Waals surface area contributed by atoms with Crippen molar-refractivity contribution in [3.63, 3.8) is 0 Å². The first kappa shape index (κ1) is 26.5. The highest BCUT2D eigenvalue weighted by Gasteiger charge is 2.59. The minimum Gasteiger partial charge on any atom is -0.362 e. The van der Waals surface area contributed by atoms with Gasteiger partial charge in [-0.15, -0.1) is 0 Å². The molecule has 192 valence electrons. The fourth-order valence-corrected chi connectivity index (χ4v) is 4.37. The minimum absolute atomic E-state index is 0.0268. The van der Waals surface area contributed by atoms with Crippen molar-refractivity contribution in [2.75, 3.05) is 13.2 Å². The number of rotatable bonds is 4. The number of benzene rings is 1. The number of aliphatic imine (C=N–C) groups is 1. The Bertz CT molecular complexity index is 1250. The van der Waals surface area contributed by atoms with Crippen molar-refractivity contribution in [2.45, 2.75) is 30.2 Å². The Morgan fingerprint density at radius 2 is 1.83 bits per heavy atom. The van der Waals surface area contributed by atoms with Gasteiger partial charge in [0.05, 0.1) is 27.9 Å². The Balaban J connectivity index is 1.61. The van der Waals surface area contributed by atoms with E-state index in [9.17, 15) is 31.1 Å². The molecule has 1 fully saturated rings. The van der Waals surface area contributed by atoms with Crippen LogP contribution < -0.4 is 10.8 Å². The molecular weight excluding hydrogens is 559 g/mol. The van der Waals surface area contributed by atoms with Gasteiger partial charge >= 0.3 is 12.4 Å². The lowest BCUT2D eigenvalue weighted by Crippen LogP contribution is -2.44. The van der Waals surface area contributed by atoms with Crippen LogP contribution in [0.2, 0.25) is 10.0 Å². The van der Waals surface area contributed by atoms with Gasteiger partial charge in [-0.3, -0.25) is 14.6 Å². The number of aromatic nitrogens is 2. The number of thiocarbonyl (C=S) groups is 1. The Hall–Kier alpha value is -2.55. The Labute approximate surface area is 214 Å². The van der Waals surface area contributed by atoms with Crippen LogP contribution in [0.5, 0.6) is 0 Å². The highest BCUT2D eigenvalue weighted by Crippen LogP contribution is 2.50. The van der Waals surface area contributed by atoms with Crippen LogP contribution >= 0.6 is 35.4 Å². The van der Waals surface area contributed by atoms with Crippen molar-refractivity contribution in [3.05, 3.63) is 57.1 Å². The van der Waals surface area contributed by atoms with Gasteiger partial charge < -0.3 is 5.32 Å². The van der Waals surface area contributed by atoms with Gasteiger partial charge in [-0.1, -0.05) is 35.4 Å². The molecule has 4 rings (SSSR count). The second kappa shape index (κ2) is 9.39. The highest BCUT2D eigenvalue weighted by molar-refractivity contribution is 7.80. The largest absolute Gasteiger partial charge is 0.417 e. The number of carbonyl (C=O) groups is 1. The molecule has 0 aliphatic carbocycles. The van der Waals surface area contributed by atoms with E-state index in [1.807, 2.05) is 0 Å². The van der Waals surface area contributed by atoms with Crippen LogP contribution in [-0.2, 0) is 21.2 Å². The molecule has 0 spiro atoms. The van der Waals surface area contributed by atoms with E-state index in [0.29, 0.717) is 6.07 Å². The fraction of sp³-hybridized carbons (Fsp3) is 0.350. The standard InChI is InChI=1S/C20H13Cl2F6N5O2S/c21-11-2-9(1-10(14(11)22)19(23,24)25)18(20(26,27)28)3-12(31-7-18)15-29-4-8(5-30-15)17(36)32-13-6-35-33-16(13)34/h1-2,4-5,13H,3,6-7H2,(H,32,36)(H,33,34). The molecule has 7 nitrogen and oxygen atoms in total.